The number of hydrogen-bond donors (Lipinski definition) is 2. The summed E-state index contributed by atoms with van der Waals surface area (Å²) in [7, 11) is 1.34. The number of rotatable bonds is 5. The van der Waals surface area contributed by atoms with Crippen LogP contribution in [0.15, 0.2) is 24.3 Å². The van der Waals surface area contributed by atoms with Gasteiger partial charge in [-0.25, -0.2) is 4.79 Å². The molecule has 1 amide bonds. The number of carbonyl (C=O) groups is 2. The summed E-state index contributed by atoms with van der Waals surface area (Å²) >= 11 is 0. The fourth-order valence-corrected chi connectivity index (χ4v) is 2.78. The molecule has 1 aliphatic rings. The van der Waals surface area contributed by atoms with Crippen molar-refractivity contribution >= 4 is 11.9 Å². The fourth-order valence-electron chi connectivity index (χ4n) is 2.78. The maximum Gasteiger partial charge on any atom is 0.337 e. The summed E-state index contributed by atoms with van der Waals surface area (Å²) in [5.41, 5.74) is 6.76. The van der Waals surface area contributed by atoms with E-state index in [1.165, 1.54) is 26.4 Å². The number of benzene rings is 1. The number of esters is 1. The van der Waals surface area contributed by atoms with E-state index in [0.29, 0.717) is 11.6 Å². The van der Waals surface area contributed by atoms with Crippen molar-refractivity contribution < 1.29 is 14.3 Å². The van der Waals surface area contributed by atoms with Crippen molar-refractivity contribution in [2.45, 2.75) is 44.2 Å². The van der Waals surface area contributed by atoms with Gasteiger partial charge in [-0.15, -0.1) is 0 Å². The molecule has 1 saturated carbocycles. The van der Waals surface area contributed by atoms with E-state index in [2.05, 4.69) is 10.1 Å². The van der Waals surface area contributed by atoms with E-state index >= 15 is 0 Å². The molecule has 1 aromatic carbocycles. The Balaban J connectivity index is 2.10. The number of nitrogens with two attached hydrogens (primary N) is 1. The maximum absolute atomic E-state index is 11.7. The molecule has 3 N–H and O–H groups in total. The standard InChI is InChI=1S/C16H22N2O3/c1-21-16(20)12-9-7-11(8-10-12)14(15(17)19)18-13-5-3-2-4-6-13/h7-10,13-14,18H,2-6H2,1H3,(H2,17,19). The lowest BCUT2D eigenvalue weighted by molar-refractivity contribution is -0.120. The first-order chi connectivity index (χ1) is 10.1. The van der Waals surface area contributed by atoms with Crippen LogP contribution < -0.4 is 11.1 Å². The second kappa shape index (κ2) is 7.22. The first-order valence-electron chi connectivity index (χ1n) is 7.35. The molecule has 1 aromatic rings. The topological polar surface area (TPSA) is 81.4 Å². The minimum Gasteiger partial charge on any atom is -0.465 e. The highest BCUT2D eigenvalue weighted by atomic mass is 16.5. The smallest absolute Gasteiger partial charge is 0.337 e. The first kappa shape index (κ1) is 15.5. The highest BCUT2D eigenvalue weighted by molar-refractivity contribution is 5.89. The van der Waals surface area contributed by atoms with Crippen molar-refractivity contribution in [2.24, 2.45) is 5.73 Å². The number of amides is 1. The van der Waals surface area contributed by atoms with E-state index in [-0.39, 0.29) is 0 Å². The van der Waals surface area contributed by atoms with Crippen LogP contribution in [0.4, 0.5) is 0 Å². The minimum absolute atomic E-state index is 0.330. The van der Waals surface area contributed by atoms with Crippen molar-refractivity contribution in [2.75, 3.05) is 7.11 Å². The lowest BCUT2D eigenvalue weighted by Crippen LogP contribution is -2.40. The Hall–Kier alpha value is -1.88. The molecule has 1 unspecified atom stereocenters. The molecular formula is C16H22N2O3. The average Bonchev–Trinajstić information content (AvgIpc) is 2.53. The van der Waals surface area contributed by atoms with Gasteiger partial charge in [0.1, 0.15) is 6.04 Å². The zero-order valence-corrected chi connectivity index (χ0v) is 12.3. The molecule has 1 atom stereocenters. The van der Waals surface area contributed by atoms with E-state index < -0.39 is 17.9 Å². The summed E-state index contributed by atoms with van der Waals surface area (Å²) in [6.07, 6.45) is 5.77. The molecule has 1 aliphatic carbocycles. The van der Waals surface area contributed by atoms with E-state index in [4.69, 9.17) is 5.73 Å². The largest absolute Gasteiger partial charge is 0.465 e. The van der Waals surface area contributed by atoms with Crippen LogP contribution in [0.1, 0.15) is 54.1 Å². The van der Waals surface area contributed by atoms with Gasteiger partial charge in [-0.3, -0.25) is 10.1 Å². The van der Waals surface area contributed by atoms with Gasteiger partial charge in [0.25, 0.3) is 0 Å². The maximum atomic E-state index is 11.7. The van der Waals surface area contributed by atoms with Crippen LogP contribution in [0, 0.1) is 0 Å². The SMILES string of the molecule is COC(=O)c1ccc(C(NC2CCCCC2)C(N)=O)cc1. The van der Waals surface area contributed by atoms with E-state index in [0.717, 1.165) is 18.4 Å². The summed E-state index contributed by atoms with van der Waals surface area (Å²) in [5.74, 6) is -0.788. The molecule has 5 nitrogen and oxygen atoms in total. The minimum atomic E-state index is -0.514. The summed E-state index contributed by atoms with van der Waals surface area (Å²) in [4.78, 5) is 23.1. The van der Waals surface area contributed by atoms with Crippen molar-refractivity contribution in [3.8, 4) is 0 Å². The molecule has 0 saturated heterocycles. The lowest BCUT2D eigenvalue weighted by Gasteiger charge is -2.27. The zero-order chi connectivity index (χ0) is 15.2. The molecule has 0 spiro atoms. The second-order valence-corrected chi connectivity index (χ2v) is 5.45. The predicted molar refractivity (Wildman–Crippen MR) is 79.7 cm³/mol. The third-order valence-corrected chi connectivity index (χ3v) is 3.96. The van der Waals surface area contributed by atoms with Gasteiger partial charge in [-0.05, 0) is 30.5 Å². The fraction of sp³-hybridized carbons (Fsp3) is 0.500. The molecule has 0 aliphatic heterocycles. The van der Waals surface area contributed by atoms with Crippen LogP contribution in [-0.2, 0) is 9.53 Å². The first-order valence-corrected chi connectivity index (χ1v) is 7.35. The molecule has 0 heterocycles. The van der Waals surface area contributed by atoms with E-state index in [1.54, 1.807) is 24.3 Å². The third kappa shape index (κ3) is 4.04. The van der Waals surface area contributed by atoms with Gasteiger partial charge >= 0.3 is 5.97 Å². The van der Waals surface area contributed by atoms with Gasteiger partial charge in [0.2, 0.25) is 5.91 Å². The van der Waals surface area contributed by atoms with Gasteiger partial charge in [0.05, 0.1) is 12.7 Å². The number of ether oxygens (including phenoxy) is 1. The number of hydrogen-bond acceptors (Lipinski definition) is 4. The van der Waals surface area contributed by atoms with Gasteiger partial charge in [-0.1, -0.05) is 31.4 Å². The van der Waals surface area contributed by atoms with Crippen molar-refractivity contribution in [1.29, 1.82) is 0 Å². The van der Waals surface area contributed by atoms with Crippen LogP contribution in [-0.4, -0.2) is 25.0 Å². The van der Waals surface area contributed by atoms with Crippen LogP contribution >= 0.6 is 0 Å². The normalized spacial score (nSPS) is 17.2. The number of carbonyl (C=O) groups excluding carboxylic acids is 2. The Bertz CT molecular complexity index is 493. The van der Waals surface area contributed by atoms with Crippen LogP contribution in [0.3, 0.4) is 0 Å². The van der Waals surface area contributed by atoms with E-state index in [1.807, 2.05) is 0 Å². The molecule has 0 aromatic heterocycles. The highest BCUT2D eigenvalue weighted by Crippen LogP contribution is 2.22. The van der Waals surface area contributed by atoms with Crippen molar-refractivity contribution in [1.82, 2.24) is 5.32 Å². The van der Waals surface area contributed by atoms with Crippen molar-refractivity contribution in [3.63, 3.8) is 0 Å². The lowest BCUT2D eigenvalue weighted by atomic mass is 9.93. The highest BCUT2D eigenvalue weighted by Gasteiger charge is 2.23. The number of methoxy groups -OCH3 is 1. The molecule has 5 heteroatoms. The van der Waals surface area contributed by atoms with Gasteiger partial charge in [0.15, 0.2) is 0 Å². The van der Waals surface area contributed by atoms with Gasteiger partial charge in [-0.2, -0.15) is 0 Å². The molecule has 2 rings (SSSR count). The molecule has 21 heavy (non-hydrogen) atoms. The van der Waals surface area contributed by atoms with E-state index in [9.17, 15) is 9.59 Å². The summed E-state index contributed by atoms with van der Waals surface area (Å²) in [6.45, 7) is 0. The Morgan fingerprint density at radius 3 is 2.33 bits per heavy atom. The Morgan fingerprint density at radius 2 is 1.81 bits per heavy atom. The Labute approximate surface area is 124 Å². The third-order valence-electron chi connectivity index (χ3n) is 3.96. The monoisotopic (exact) mass is 290 g/mol. The zero-order valence-electron chi connectivity index (χ0n) is 12.3. The van der Waals surface area contributed by atoms with Crippen molar-refractivity contribution in [3.05, 3.63) is 35.4 Å². The molecular weight excluding hydrogens is 268 g/mol. The Morgan fingerprint density at radius 1 is 1.19 bits per heavy atom. The summed E-state index contributed by atoms with van der Waals surface area (Å²) < 4.78 is 4.66. The van der Waals surface area contributed by atoms with Crippen LogP contribution in [0.25, 0.3) is 0 Å². The average molecular weight is 290 g/mol. The molecule has 0 bridgehead atoms. The number of nitrogens with one attached hydrogen (secondary N) is 1. The van der Waals surface area contributed by atoms with Crippen LogP contribution in [0.5, 0.6) is 0 Å². The summed E-state index contributed by atoms with van der Waals surface area (Å²) in [6, 6.07) is 6.62. The van der Waals surface area contributed by atoms with Crippen LogP contribution in [0.2, 0.25) is 0 Å². The van der Waals surface area contributed by atoms with Gasteiger partial charge < -0.3 is 10.5 Å². The number of primary amides is 1. The molecule has 1 fully saturated rings. The second-order valence-electron chi connectivity index (χ2n) is 5.45. The predicted octanol–water partition coefficient (Wildman–Crippen LogP) is 1.92. The quantitative estimate of drug-likeness (QED) is 0.812. The summed E-state index contributed by atoms with van der Waals surface area (Å²) in [5, 5.41) is 3.34. The van der Waals surface area contributed by atoms with Gasteiger partial charge in [0, 0.05) is 6.04 Å². The Kier molecular flexibility index (Phi) is 5.33. The molecule has 114 valence electrons. The molecule has 0 radical (unpaired) electrons.